The molecule has 37 heavy (non-hydrogen) atoms. The number of amides is 2. The molecule has 3 atom stereocenters. The lowest BCUT2D eigenvalue weighted by Crippen LogP contribution is -2.46. The second-order valence-electron chi connectivity index (χ2n) is 11.9. The van der Waals surface area contributed by atoms with E-state index >= 15 is 0 Å². The van der Waals surface area contributed by atoms with E-state index < -0.39 is 0 Å². The van der Waals surface area contributed by atoms with Gasteiger partial charge >= 0.3 is 0 Å². The van der Waals surface area contributed by atoms with Gasteiger partial charge in [-0.3, -0.25) is 14.5 Å². The van der Waals surface area contributed by atoms with E-state index in [9.17, 15) is 9.59 Å². The third kappa shape index (κ3) is 5.93. The lowest BCUT2D eigenvalue weighted by Gasteiger charge is -2.32. The molecule has 0 bridgehead atoms. The van der Waals surface area contributed by atoms with E-state index in [4.69, 9.17) is 0 Å². The summed E-state index contributed by atoms with van der Waals surface area (Å²) in [5.74, 6) is 1.60. The molecule has 0 spiro atoms. The van der Waals surface area contributed by atoms with Gasteiger partial charge in [-0.2, -0.15) is 0 Å². The van der Waals surface area contributed by atoms with Crippen molar-refractivity contribution in [3.63, 3.8) is 0 Å². The normalized spacial score (nSPS) is 23.4. The Bertz CT molecular complexity index is 1080. The minimum absolute atomic E-state index is 0.109. The number of hydrogen-bond donors (Lipinski definition) is 0. The molecule has 2 aromatic carbocycles. The van der Waals surface area contributed by atoms with Crippen LogP contribution in [-0.2, 0) is 22.6 Å². The smallest absolute Gasteiger partial charge is 0.230 e. The summed E-state index contributed by atoms with van der Waals surface area (Å²) in [7, 11) is 0. The Morgan fingerprint density at radius 2 is 1.62 bits per heavy atom. The molecule has 3 fully saturated rings. The molecule has 5 heteroatoms. The quantitative estimate of drug-likeness (QED) is 0.494. The van der Waals surface area contributed by atoms with Gasteiger partial charge in [0.25, 0.3) is 0 Å². The molecule has 5 nitrogen and oxygen atoms in total. The van der Waals surface area contributed by atoms with E-state index in [1.54, 1.807) is 0 Å². The first-order valence-corrected chi connectivity index (χ1v) is 14.4. The van der Waals surface area contributed by atoms with Crippen molar-refractivity contribution in [1.29, 1.82) is 0 Å². The summed E-state index contributed by atoms with van der Waals surface area (Å²) in [6, 6.07) is 17.6. The maximum Gasteiger partial charge on any atom is 0.230 e. The Morgan fingerprint density at radius 1 is 0.892 bits per heavy atom. The van der Waals surface area contributed by atoms with Gasteiger partial charge in [-0.25, -0.2) is 0 Å². The fourth-order valence-corrected chi connectivity index (χ4v) is 6.60. The summed E-state index contributed by atoms with van der Waals surface area (Å²) in [5.41, 5.74) is 4.77. The van der Waals surface area contributed by atoms with Crippen molar-refractivity contribution in [3.05, 3.63) is 65.2 Å². The monoisotopic (exact) mass is 501 g/mol. The van der Waals surface area contributed by atoms with Crippen molar-refractivity contribution in [2.75, 3.05) is 31.1 Å². The van der Waals surface area contributed by atoms with Crippen molar-refractivity contribution in [2.45, 2.75) is 77.8 Å². The van der Waals surface area contributed by atoms with Crippen LogP contribution in [0.5, 0.6) is 0 Å². The molecule has 0 aromatic heterocycles. The molecule has 2 amide bonds. The predicted molar refractivity (Wildman–Crippen MR) is 150 cm³/mol. The van der Waals surface area contributed by atoms with Crippen molar-refractivity contribution in [3.8, 4) is 0 Å². The van der Waals surface area contributed by atoms with E-state index in [-0.39, 0.29) is 17.7 Å². The summed E-state index contributed by atoms with van der Waals surface area (Å²) < 4.78 is 0. The summed E-state index contributed by atoms with van der Waals surface area (Å²) in [5, 5.41) is 0. The molecule has 3 aliphatic rings. The number of benzene rings is 2. The molecule has 3 saturated heterocycles. The summed E-state index contributed by atoms with van der Waals surface area (Å²) in [6.45, 7) is 11.2. The molecular weight excluding hydrogens is 458 g/mol. The van der Waals surface area contributed by atoms with Gasteiger partial charge in [-0.15, -0.1) is 0 Å². The number of carbonyl (C=O) groups is 2. The molecule has 1 unspecified atom stereocenters. The van der Waals surface area contributed by atoms with Crippen LogP contribution in [0.15, 0.2) is 48.5 Å². The Kier molecular flexibility index (Phi) is 7.99. The fraction of sp³-hybridized carbons (Fsp3) is 0.562. The van der Waals surface area contributed by atoms with Crippen molar-refractivity contribution >= 4 is 17.5 Å². The van der Waals surface area contributed by atoms with Crippen molar-refractivity contribution in [1.82, 2.24) is 9.80 Å². The largest absolute Gasteiger partial charge is 0.338 e. The molecule has 0 N–H and O–H groups in total. The van der Waals surface area contributed by atoms with Gasteiger partial charge in [0.05, 0.1) is 5.92 Å². The van der Waals surface area contributed by atoms with E-state index in [1.165, 1.54) is 24.0 Å². The minimum atomic E-state index is -0.109. The van der Waals surface area contributed by atoms with E-state index in [0.29, 0.717) is 24.3 Å². The first kappa shape index (κ1) is 26.0. The molecule has 5 rings (SSSR count). The average Bonchev–Trinajstić information content (AvgIpc) is 3.44. The third-order valence-corrected chi connectivity index (χ3v) is 8.61. The van der Waals surface area contributed by atoms with Gasteiger partial charge in [0.2, 0.25) is 11.8 Å². The van der Waals surface area contributed by atoms with E-state index in [1.807, 2.05) is 4.90 Å². The number of carbonyl (C=O) groups excluding carboxylic acids is 2. The van der Waals surface area contributed by atoms with Crippen LogP contribution < -0.4 is 4.90 Å². The Labute approximate surface area is 222 Å². The lowest BCUT2D eigenvalue weighted by molar-refractivity contribution is -0.135. The average molecular weight is 502 g/mol. The number of nitrogens with zero attached hydrogens (tertiary/aromatic N) is 3. The van der Waals surface area contributed by atoms with Crippen LogP contribution in [0.2, 0.25) is 0 Å². The van der Waals surface area contributed by atoms with Gasteiger partial charge in [-0.1, -0.05) is 56.7 Å². The minimum Gasteiger partial charge on any atom is -0.338 e. The first-order chi connectivity index (χ1) is 17.9. The zero-order chi connectivity index (χ0) is 25.9. The highest BCUT2D eigenvalue weighted by molar-refractivity contribution is 5.95. The summed E-state index contributed by atoms with van der Waals surface area (Å²) in [6.07, 6.45) is 6.21. The molecule has 2 aromatic rings. The van der Waals surface area contributed by atoms with Crippen molar-refractivity contribution in [2.24, 2.45) is 11.8 Å². The highest BCUT2D eigenvalue weighted by atomic mass is 16.2. The number of fused-ring (bicyclic) bond motifs is 1. The standard InChI is InChI=1S/C32H43N3O2/c1-23(2)19-25-9-13-27(14-10-25)24(3)32(37)35-17-5-4-7-28-21-33(22-30(28)35)20-26-11-15-29(16-12-26)34-18-6-8-31(34)36/h9-16,23-24,28,30H,4-8,17-22H2,1-3H3/t24?,28-,30+/m0/s1. The van der Waals surface area contributed by atoms with Crippen molar-refractivity contribution < 1.29 is 9.59 Å². The topological polar surface area (TPSA) is 43.9 Å². The lowest BCUT2D eigenvalue weighted by atomic mass is 9.94. The molecule has 198 valence electrons. The molecule has 0 saturated carbocycles. The zero-order valence-corrected chi connectivity index (χ0v) is 22.9. The second kappa shape index (κ2) is 11.4. The highest BCUT2D eigenvalue weighted by Gasteiger charge is 2.40. The number of anilines is 1. The maximum absolute atomic E-state index is 13.8. The number of hydrogen-bond acceptors (Lipinski definition) is 3. The van der Waals surface area contributed by atoms with Gasteiger partial charge in [-0.05, 0) is 73.3 Å². The van der Waals surface area contributed by atoms with Crippen LogP contribution in [-0.4, -0.2) is 53.8 Å². The summed E-state index contributed by atoms with van der Waals surface area (Å²) in [4.78, 5) is 32.5. The van der Waals surface area contributed by atoms with Crippen LogP contribution >= 0.6 is 0 Å². The van der Waals surface area contributed by atoms with Gasteiger partial charge in [0.1, 0.15) is 0 Å². The second-order valence-corrected chi connectivity index (χ2v) is 11.9. The van der Waals surface area contributed by atoms with Crippen LogP contribution in [0, 0.1) is 11.8 Å². The molecule has 0 aliphatic carbocycles. The van der Waals surface area contributed by atoms with E-state index in [2.05, 4.69) is 79.1 Å². The third-order valence-electron chi connectivity index (χ3n) is 8.61. The van der Waals surface area contributed by atoms with Crippen LogP contribution in [0.25, 0.3) is 0 Å². The van der Waals surface area contributed by atoms with Gasteiger partial charge < -0.3 is 9.80 Å². The SMILES string of the molecule is CC(C)Cc1ccc(C(C)C(=O)N2CCCC[C@H]3CN(Cc4ccc(N5CCCC5=O)cc4)C[C@H]32)cc1. The molecule has 0 radical (unpaired) electrons. The molecule has 3 aliphatic heterocycles. The first-order valence-electron chi connectivity index (χ1n) is 14.4. The van der Waals surface area contributed by atoms with Gasteiger partial charge in [0, 0.05) is 50.9 Å². The highest BCUT2D eigenvalue weighted by Crippen LogP contribution is 2.33. The fourth-order valence-electron chi connectivity index (χ4n) is 6.60. The zero-order valence-electron chi connectivity index (χ0n) is 22.9. The summed E-state index contributed by atoms with van der Waals surface area (Å²) >= 11 is 0. The maximum atomic E-state index is 13.8. The van der Waals surface area contributed by atoms with E-state index in [0.717, 1.165) is 63.2 Å². The van der Waals surface area contributed by atoms with Crippen LogP contribution in [0.1, 0.15) is 75.5 Å². The Balaban J connectivity index is 1.23. The number of likely N-dealkylation sites (tertiary alicyclic amines) is 2. The Morgan fingerprint density at radius 3 is 2.30 bits per heavy atom. The number of rotatable bonds is 7. The predicted octanol–water partition coefficient (Wildman–Crippen LogP) is 5.63. The van der Waals surface area contributed by atoms with Crippen LogP contribution in [0.4, 0.5) is 5.69 Å². The van der Waals surface area contributed by atoms with Crippen LogP contribution in [0.3, 0.4) is 0 Å². The molecular formula is C32H43N3O2. The molecule has 3 heterocycles. The Hall–Kier alpha value is -2.66. The van der Waals surface area contributed by atoms with Gasteiger partial charge in [0.15, 0.2) is 0 Å².